The topological polar surface area (TPSA) is 143 Å². The van der Waals surface area contributed by atoms with E-state index in [0.717, 1.165) is 106 Å². The molecule has 6 heteroatoms. The molecular weight excluding hydrogens is 877 g/mol. The van der Waals surface area contributed by atoms with Crippen LogP contribution in [0.5, 0.6) is 0 Å². The highest BCUT2D eigenvalue weighted by molar-refractivity contribution is 6.06. The zero-order valence-electron chi connectivity index (χ0n) is 39.0. The summed E-state index contributed by atoms with van der Waals surface area (Å²) in [6.45, 7) is 0. The van der Waals surface area contributed by atoms with Crippen molar-refractivity contribution in [2.75, 3.05) is 0 Å². The lowest BCUT2D eigenvalue weighted by Crippen LogP contribution is -2.16. The van der Waals surface area contributed by atoms with Crippen LogP contribution in [0.25, 0.3) is 49.0 Å². The summed E-state index contributed by atoms with van der Waals surface area (Å²) in [6, 6.07) is 39.7. The van der Waals surface area contributed by atoms with Gasteiger partial charge in [0.05, 0.1) is 33.4 Å². The Kier molecular flexibility index (Phi) is 8.24. The van der Waals surface area contributed by atoms with Crippen LogP contribution in [-0.4, -0.2) is 0 Å². The Morgan fingerprint density at radius 2 is 0.708 bits per heavy atom. The van der Waals surface area contributed by atoms with Crippen LogP contribution in [0.3, 0.4) is 0 Å². The van der Waals surface area contributed by atoms with E-state index in [1.54, 1.807) is 0 Å². The molecule has 6 aromatic carbocycles. The normalized spacial score (nSPS) is 22.2. The maximum absolute atomic E-state index is 11.6. The first kappa shape index (κ1) is 40.6. The maximum atomic E-state index is 11.6. The second kappa shape index (κ2) is 14.6. The Morgan fingerprint density at radius 3 is 1.24 bits per heavy atom. The van der Waals surface area contributed by atoms with Crippen LogP contribution in [0, 0.1) is 73.9 Å². The zero-order chi connectivity index (χ0) is 48.3. The molecule has 0 heterocycles. The molecule has 0 saturated carbocycles. The number of allylic oxidation sites excluding steroid dienone is 18. The first-order chi connectivity index (χ1) is 35.4. The molecule has 8 bridgehead atoms. The van der Waals surface area contributed by atoms with Gasteiger partial charge in [-0.15, -0.1) is 0 Å². The summed E-state index contributed by atoms with van der Waals surface area (Å²) < 4.78 is 0. The summed E-state index contributed by atoms with van der Waals surface area (Å²) in [7, 11) is 0. The second-order valence-electron chi connectivity index (χ2n) is 21.0. The quantitative estimate of drug-likeness (QED) is 0.148. The first-order valence-corrected chi connectivity index (χ1v) is 25.0. The van der Waals surface area contributed by atoms with E-state index >= 15 is 0 Å². The van der Waals surface area contributed by atoms with Crippen molar-refractivity contribution in [1.82, 2.24) is 0 Å². The number of hydrogen-bond acceptors (Lipinski definition) is 6. The van der Waals surface area contributed by atoms with Crippen LogP contribution in [-0.2, 0) is 0 Å². The van der Waals surface area contributed by atoms with Gasteiger partial charge in [0.2, 0.25) is 0 Å². The predicted molar refractivity (Wildman–Crippen MR) is 278 cm³/mol. The third kappa shape index (κ3) is 5.16. The van der Waals surface area contributed by atoms with Gasteiger partial charge in [0.1, 0.15) is 36.4 Å². The van der Waals surface area contributed by atoms with Crippen molar-refractivity contribution in [3.05, 3.63) is 226 Å². The molecule has 9 aliphatic rings. The van der Waals surface area contributed by atoms with Crippen LogP contribution in [0.4, 0.5) is 0 Å². The Bertz CT molecular complexity index is 4350. The molecule has 0 aromatic heterocycles. The molecule has 332 valence electrons. The first-order valence-electron chi connectivity index (χ1n) is 25.0. The van der Waals surface area contributed by atoms with E-state index in [1.807, 2.05) is 72.8 Å². The number of nitrogens with zero attached hydrogens (tertiary/aromatic N) is 6. The summed E-state index contributed by atoms with van der Waals surface area (Å²) in [5, 5.41) is 73.4. The fourth-order valence-electron chi connectivity index (χ4n) is 15.1. The molecule has 0 amide bonds. The highest BCUT2D eigenvalue weighted by Gasteiger charge is 2.45. The highest BCUT2D eigenvalue weighted by atomic mass is 14.5. The summed E-state index contributed by atoms with van der Waals surface area (Å²) in [5.41, 5.74) is 22.6. The van der Waals surface area contributed by atoms with Gasteiger partial charge < -0.3 is 0 Å². The SMILES string of the molecule is N#Cc1c2c(c(C#N)c3ccccc13)C1=C3C=C4CC5=C(CC6C(=C5)CC5=CC7=C(C=CC8CC2=C(C=C8C7)C3)CC5c2c6c(C#N)c3ccccc3c2C#N)c2c(c(C#N)c3ccccc3c2C#N)C4C1. The molecule has 72 heavy (non-hydrogen) atoms. The molecule has 0 fully saturated rings. The van der Waals surface area contributed by atoms with E-state index in [0.29, 0.717) is 78.3 Å². The molecule has 6 nitrogen and oxygen atoms in total. The van der Waals surface area contributed by atoms with Gasteiger partial charge in [-0.05, 0) is 113 Å². The van der Waals surface area contributed by atoms with Crippen molar-refractivity contribution >= 4 is 49.0 Å². The third-order valence-electron chi connectivity index (χ3n) is 18.0. The summed E-state index contributed by atoms with van der Waals surface area (Å²) in [4.78, 5) is 0. The van der Waals surface area contributed by atoms with E-state index in [4.69, 9.17) is 0 Å². The van der Waals surface area contributed by atoms with Crippen LogP contribution >= 0.6 is 0 Å². The van der Waals surface area contributed by atoms with Crippen molar-refractivity contribution in [2.24, 2.45) is 5.92 Å². The number of hydrogen-bond donors (Lipinski definition) is 0. The van der Waals surface area contributed by atoms with Gasteiger partial charge in [-0.25, -0.2) is 0 Å². The molecule has 0 aliphatic heterocycles. The minimum atomic E-state index is -0.343. The van der Waals surface area contributed by atoms with Gasteiger partial charge in [-0.3, -0.25) is 0 Å². The molecule has 0 spiro atoms. The summed E-state index contributed by atoms with van der Waals surface area (Å²) in [5.74, 6) is -0.739. The lowest BCUT2D eigenvalue weighted by molar-refractivity contribution is 0.731. The van der Waals surface area contributed by atoms with Gasteiger partial charge in [-0.1, -0.05) is 132 Å². The smallest absolute Gasteiger partial charge is 0.100 e. The van der Waals surface area contributed by atoms with Crippen LogP contribution in [0.15, 0.2) is 159 Å². The Morgan fingerprint density at radius 1 is 0.333 bits per heavy atom. The van der Waals surface area contributed by atoms with Gasteiger partial charge in [0.25, 0.3) is 0 Å². The fraction of sp³-hybridized carbons (Fsp3) is 0.182. The molecule has 0 radical (unpaired) electrons. The van der Waals surface area contributed by atoms with Crippen molar-refractivity contribution in [2.45, 2.75) is 69.1 Å². The Balaban J connectivity index is 1.11. The van der Waals surface area contributed by atoms with Crippen molar-refractivity contribution in [3.8, 4) is 36.4 Å². The fourth-order valence-corrected chi connectivity index (χ4v) is 15.1. The number of benzene rings is 6. The number of fused-ring (bicyclic) bond motifs is 12. The van der Waals surface area contributed by atoms with E-state index in [-0.39, 0.29) is 23.7 Å². The van der Waals surface area contributed by atoms with Crippen molar-refractivity contribution in [1.29, 1.82) is 31.6 Å². The molecular formula is C66H38N6. The summed E-state index contributed by atoms with van der Waals surface area (Å²) >= 11 is 0. The van der Waals surface area contributed by atoms with Gasteiger partial charge >= 0.3 is 0 Å². The summed E-state index contributed by atoms with van der Waals surface area (Å²) in [6.07, 6.45) is 19.3. The minimum Gasteiger partial charge on any atom is -0.192 e. The number of nitriles is 6. The van der Waals surface area contributed by atoms with Crippen LogP contribution in [0.2, 0.25) is 0 Å². The van der Waals surface area contributed by atoms with Crippen molar-refractivity contribution < 1.29 is 0 Å². The molecule has 15 rings (SSSR count). The molecule has 6 aromatic rings. The Hall–Kier alpha value is -9.30. The van der Waals surface area contributed by atoms with Crippen molar-refractivity contribution in [3.63, 3.8) is 0 Å². The standard InChI is InChI=1S/C66H38N6/c67-27-55-43-7-1-3-9-45(43)57(29-69)63-51-25-53-41-20-39(51)18-37-16-35-15-36-17-38-19-40-21-42(22-41)54(66-60(32-72)48-12-6-5-11-47(48)59(31-71)65(53)66)26-52(40)64-58(30-70)46-10-4-2-8-44(46)56(28-68)62(64)50(38)24-34(36)14-13-33(35)23-49(37)61(55)63/h1-14,16-17,20-21,33,50,52-53H,15,18-19,22-26H2. The lowest BCUT2D eigenvalue weighted by Gasteiger charge is -2.32. The monoisotopic (exact) mass is 914 g/mol. The zero-order valence-corrected chi connectivity index (χ0v) is 39.0. The second-order valence-corrected chi connectivity index (χ2v) is 21.0. The van der Waals surface area contributed by atoms with Crippen LogP contribution in [0.1, 0.15) is 136 Å². The minimum absolute atomic E-state index is 0.0443. The van der Waals surface area contributed by atoms with E-state index in [1.165, 1.54) is 33.4 Å². The Labute approximate surface area is 416 Å². The van der Waals surface area contributed by atoms with Gasteiger partial charge in [0, 0.05) is 72.7 Å². The number of rotatable bonds is 0. The van der Waals surface area contributed by atoms with Gasteiger partial charge in [-0.2, -0.15) is 31.6 Å². The van der Waals surface area contributed by atoms with E-state index in [2.05, 4.69) is 72.9 Å². The molecule has 4 atom stereocenters. The molecule has 0 saturated heterocycles. The lowest BCUT2D eigenvalue weighted by atomic mass is 9.70. The molecule has 9 aliphatic carbocycles. The van der Waals surface area contributed by atoms with E-state index < -0.39 is 0 Å². The third-order valence-corrected chi connectivity index (χ3v) is 18.0. The average Bonchev–Trinajstić information content (AvgIpc) is 3.79. The van der Waals surface area contributed by atoms with Crippen LogP contribution < -0.4 is 0 Å². The van der Waals surface area contributed by atoms with Gasteiger partial charge in [0.15, 0.2) is 0 Å². The van der Waals surface area contributed by atoms with E-state index in [9.17, 15) is 31.6 Å². The molecule has 0 N–H and O–H groups in total. The maximum Gasteiger partial charge on any atom is 0.100 e. The largest absolute Gasteiger partial charge is 0.192 e. The average molecular weight is 915 g/mol. The highest BCUT2D eigenvalue weighted by Crippen LogP contribution is 2.62. The molecule has 4 unspecified atom stereocenters. The predicted octanol–water partition coefficient (Wildman–Crippen LogP) is 14.7.